The van der Waals surface area contributed by atoms with E-state index in [0.29, 0.717) is 17.7 Å². The van der Waals surface area contributed by atoms with Gasteiger partial charge in [0.2, 0.25) is 5.91 Å². The summed E-state index contributed by atoms with van der Waals surface area (Å²) in [5.74, 6) is 1.73. The minimum atomic E-state index is -0.300. The van der Waals surface area contributed by atoms with Crippen LogP contribution < -0.4 is 9.47 Å². The van der Waals surface area contributed by atoms with Gasteiger partial charge in [-0.05, 0) is 85.4 Å². The molecule has 2 aromatic rings. The molecule has 8 heteroatoms. The molecule has 2 aliphatic carbocycles. The number of amides is 1. The predicted octanol–water partition coefficient (Wildman–Crippen LogP) is 4.65. The molecule has 1 aromatic carbocycles. The zero-order valence-electron chi connectivity index (χ0n) is 20.1. The molecule has 35 heavy (non-hydrogen) atoms. The van der Waals surface area contributed by atoms with Crippen LogP contribution in [0.1, 0.15) is 42.2 Å². The Morgan fingerprint density at radius 1 is 1.34 bits per heavy atom. The molecule has 1 saturated heterocycles. The molecule has 2 aliphatic heterocycles. The summed E-state index contributed by atoms with van der Waals surface area (Å²) in [6.45, 7) is 2.45. The minimum Gasteiger partial charge on any atom is -0.487 e. The third-order valence-electron chi connectivity index (χ3n) is 8.64. The van der Waals surface area contributed by atoms with Crippen LogP contribution >= 0.6 is 27.3 Å². The molecule has 3 heterocycles. The summed E-state index contributed by atoms with van der Waals surface area (Å²) in [5.41, 5.74) is 2.20. The fraction of sp³-hybridized carbons (Fsp3) is 0.481. The largest absolute Gasteiger partial charge is 0.487 e. The number of halogens is 1. The van der Waals surface area contributed by atoms with Crippen molar-refractivity contribution in [2.24, 2.45) is 5.92 Å². The quantitative estimate of drug-likeness (QED) is 0.312. The van der Waals surface area contributed by atoms with Crippen LogP contribution in [0.5, 0.6) is 11.5 Å². The molecule has 6 nitrogen and oxygen atoms in total. The number of likely N-dealkylation sites (tertiary alicyclic amines) is 1. The summed E-state index contributed by atoms with van der Waals surface area (Å²) in [4.78, 5) is 30.5. The maximum atomic E-state index is 13.3. The highest BCUT2D eigenvalue weighted by Crippen LogP contribution is 2.63. The van der Waals surface area contributed by atoms with Crippen LogP contribution in [0, 0.1) is 5.92 Å². The molecule has 6 rings (SSSR count). The van der Waals surface area contributed by atoms with Gasteiger partial charge >= 0.3 is 5.97 Å². The zero-order valence-corrected chi connectivity index (χ0v) is 22.5. The number of hydrogen-bond donors (Lipinski definition) is 0. The van der Waals surface area contributed by atoms with Crippen LogP contribution in [0.15, 0.2) is 34.1 Å². The number of esters is 1. The first kappa shape index (κ1) is 23.3. The summed E-state index contributed by atoms with van der Waals surface area (Å²) in [5, 5.41) is 2.01. The maximum absolute atomic E-state index is 13.3. The van der Waals surface area contributed by atoms with Crippen LogP contribution in [-0.4, -0.2) is 60.5 Å². The fourth-order valence-corrected chi connectivity index (χ4v) is 8.54. The number of carbonyl (C=O) groups is 2. The molecule has 2 fully saturated rings. The van der Waals surface area contributed by atoms with Gasteiger partial charge in [0.15, 0.2) is 0 Å². The number of rotatable bonds is 4. The number of carbonyl (C=O) groups excluding carboxylic acids is 2. The average Bonchev–Trinajstić information content (AvgIpc) is 3.40. The predicted molar refractivity (Wildman–Crippen MR) is 139 cm³/mol. The van der Waals surface area contributed by atoms with Crippen molar-refractivity contribution in [2.45, 2.75) is 56.2 Å². The Bertz CT molecular complexity index is 1240. The van der Waals surface area contributed by atoms with Crippen LogP contribution in [0.25, 0.3) is 6.08 Å². The maximum Gasteiger partial charge on any atom is 0.308 e. The smallest absolute Gasteiger partial charge is 0.308 e. The van der Waals surface area contributed by atoms with E-state index < -0.39 is 0 Å². The number of ether oxygens (including phenoxy) is 2. The monoisotopic (exact) mass is 556 g/mol. The van der Waals surface area contributed by atoms with Gasteiger partial charge in [-0.2, -0.15) is 0 Å². The van der Waals surface area contributed by atoms with Gasteiger partial charge in [-0.15, -0.1) is 11.3 Å². The van der Waals surface area contributed by atoms with E-state index in [1.165, 1.54) is 12.5 Å². The average molecular weight is 558 g/mol. The highest BCUT2D eigenvalue weighted by atomic mass is 79.9. The number of nitrogens with zero attached hydrogens (tertiary/aromatic N) is 2. The second-order valence-electron chi connectivity index (χ2n) is 10.3. The highest BCUT2D eigenvalue weighted by Gasteiger charge is 2.66. The Morgan fingerprint density at radius 3 is 2.91 bits per heavy atom. The van der Waals surface area contributed by atoms with Crippen LogP contribution in [-0.2, 0) is 21.4 Å². The molecule has 184 valence electrons. The van der Waals surface area contributed by atoms with E-state index in [9.17, 15) is 9.59 Å². The number of likely N-dealkylation sites (N-methyl/N-ethyl adjacent to an activating group) is 2. The van der Waals surface area contributed by atoms with E-state index in [1.54, 1.807) is 17.4 Å². The summed E-state index contributed by atoms with van der Waals surface area (Å²) in [6, 6.07) is 6.22. The number of hydrogen-bond acceptors (Lipinski definition) is 6. The van der Waals surface area contributed by atoms with E-state index in [-0.39, 0.29) is 29.4 Å². The van der Waals surface area contributed by atoms with Gasteiger partial charge < -0.3 is 19.3 Å². The zero-order chi connectivity index (χ0) is 24.5. The molecule has 1 amide bonds. The Balaban J connectivity index is 1.37. The van der Waals surface area contributed by atoms with E-state index in [4.69, 9.17) is 9.47 Å². The molecule has 0 unspecified atom stereocenters. The molecular weight excluding hydrogens is 528 g/mol. The van der Waals surface area contributed by atoms with Crippen molar-refractivity contribution >= 4 is 45.2 Å². The summed E-state index contributed by atoms with van der Waals surface area (Å²) >= 11 is 5.07. The lowest BCUT2D eigenvalue weighted by Gasteiger charge is -2.59. The molecule has 5 atom stereocenters. The van der Waals surface area contributed by atoms with Crippen molar-refractivity contribution in [2.75, 3.05) is 20.6 Å². The Kier molecular flexibility index (Phi) is 5.62. The number of thiophene rings is 1. The second-order valence-corrected chi connectivity index (χ2v) is 12.1. The lowest BCUT2D eigenvalue weighted by Crippen LogP contribution is -2.68. The first-order valence-electron chi connectivity index (χ1n) is 12.2. The number of piperidine rings is 1. The van der Waals surface area contributed by atoms with Crippen molar-refractivity contribution < 1.29 is 19.1 Å². The van der Waals surface area contributed by atoms with Gasteiger partial charge in [-0.3, -0.25) is 9.59 Å². The van der Waals surface area contributed by atoms with E-state index in [2.05, 4.69) is 27.9 Å². The Morgan fingerprint density at radius 2 is 2.17 bits per heavy atom. The standard InChI is InChI=1S/C27H29BrN2O4S/c1-15(31)33-22-7-8-23-25-18(22)13-21-19-5-6-20(26(34-23)27(19,25)10-11-29(21)2)30(3)24(32)9-4-17-12-16(28)14-35-17/h4,7-9,12,14,19-21,26H,5-6,10-11,13H2,1-3H3/b9-4+/t19-,20+,21+,26-,27-/m0/s1. The van der Waals surface area contributed by atoms with Gasteiger partial charge in [0.1, 0.15) is 17.6 Å². The van der Waals surface area contributed by atoms with Crippen LogP contribution in [0.2, 0.25) is 0 Å². The molecular formula is C27H29BrN2O4S. The first-order chi connectivity index (χ1) is 16.8. The molecule has 1 aromatic heterocycles. The van der Waals surface area contributed by atoms with Gasteiger partial charge in [-0.25, -0.2) is 0 Å². The van der Waals surface area contributed by atoms with Crippen molar-refractivity contribution in [3.8, 4) is 11.5 Å². The summed E-state index contributed by atoms with van der Waals surface area (Å²) in [7, 11) is 4.11. The third kappa shape index (κ3) is 3.51. The molecule has 4 aliphatic rings. The van der Waals surface area contributed by atoms with Crippen molar-refractivity contribution in [3.05, 3.63) is 50.1 Å². The summed E-state index contributed by atoms with van der Waals surface area (Å²) in [6.07, 6.45) is 7.28. The number of benzene rings is 1. The van der Waals surface area contributed by atoms with Gasteiger partial charge in [0.25, 0.3) is 0 Å². The Labute approximate surface area is 218 Å². The van der Waals surface area contributed by atoms with Crippen LogP contribution in [0.4, 0.5) is 0 Å². The molecule has 0 N–H and O–H groups in total. The van der Waals surface area contributed by atoms with Crippen molar-refractivity contribution in [3.63, 3.8) is 0 Å². The third-order valence-corrected chi connectivity index (χ3v) is 10.3. The SMILES string of the molecule is CC(=O)Oc1ccc2c3c1C[C@@H]1[C@@H]4CC[C@@H](N(C)C(=O)/C=C/c5cc(Br)cs5)[C@H](O2)[C@]34CCN1C. The molecule has 1 saturated carbocycles. The lowest BCUT2D eigenvalue weighted by molar-refractivity contribution is -0.135. The molecule has 0 radical (unpaired) electrons. The normalized spacial score (nSPS) is 30.6. The van der Waals surface area contributed by atoms with E-state index in [1.807, 2.05) is 41.6 Å². The van der Waals surface area contributed by atoms with Crippen molar-refractivity contribution in [1.82, 2.24) is 9.80 Å². The van der Waals surface area contributed by atoms with Crippen LogP contribution in [0.3, 0.4) is 0 Å². The second kappa shape index (κ2) is 8.46. The van der Waals surface area contributed by atoms with Crippen molar-refractivity contribution in [1.29, 1.82) is 0 Å². The first-order valence-corrected chi connectivity index (χ1v) is 13.9. The van der Waals surface area contributed by atoms with E-state index in [0.717, 1.165) is 52.9 Å². The van der Waals surface area contributed by atoms with Gasteiger partial charge in [0, 0.05) is 57.4 Å². The fourth-order valence-electron chi connectivity index (χ4n) is 7.21. The van der Waals surface area contributed by atoms with Gasteiger partial charge in [-0.1, -0.05) is 0 Å². The topological polar surface area (TPSA) is 59.1 Å². The molecule has 1 spiro atoms. The van der Waals surface area contributed by atoms with Gasteiger partial charge in [0.05, 0.1) is 6.04 Å². The minimum absolute atomic E-state index is 0.00459. The lowest BCUT2D eigenvalue weighted by atomic mass is 9.51. The summed E-state index contributed by atoms with van der Waals surface area (Å²) < 4.78 is 13.4. The Hall–Kier alpha value is -2.16. The van der Waals surface area contributed by atoms with E-state index >= 15 is 0 Å². The highest BCUT2D eigenvalue weighted by molar-refractivity contribution is 9.10. The molecule has 2 bridgehead atoms.